The molecule has 0 heterocycles. The lowest BCUT2D eigenvalue weighted by Gasteiger charge is -2.21. The average molecular weight is 162 g/mol. The van der Waals surface area contributed by atoms with E-state index in [9.17, 15) is 8.78 Å². The number of alkyl halides is 2. The molecule has 1 saturated carbocycles. The molecule has 0 spiro atoms. The van der Waals surface area contributed by atoms with Gasteiger partial charge in [0, 0.05) is 12.8 Å². The van der Waals surface area contributed by atoms with Crippen molar-refractivity contribution in [2.24, 2.45) is 5.92 Å². The van der Waals surface area contributed by atoms with Gasteiger partial charge in [-0.2, -0.15) is 0 Å². The van der Waals surface area contributed by atoms with Crippen molar-refractivity contribution in [2.45, 2.75) is 51.4 Å². The molecule has 1 aliphatic carbocycles. The van der Waals surface area contributed by atoms with Crippen LogP contribution < -0.4 is 0 Å². The van der Waals surface area contributed by atoms with Gasteiger partial charge in [-0.1, -0.05) is 19.8 Å². The summed E-state index contributed by atoms with van der Waals surface area (Å²) in [5.74, 6) is -1.70. The summed E-state index contributed by atoms with van der Waals surface area (Å²) in [7, 11) is 0. The first kappa shape index (κ1) is 8.95. The van der Waals surface area contributed by atoms with Gasteiger partial charge >= 0.3 is 0 Å². The SMILES string of the molecule is CC1CCCC(F)(F)CCC1. The van der Waals surface area contributed by atoms with Crippen LogP contribution in [0.5, 0.6) is 0 Å². The molecule has 0 N–H and O–H groups in total. The van der Waals surface area contributed by atoms with Crippen molar-refractivity contribution in [3.8, 4) is 0 Å². The second-order valence-electron chi connectivity index (χ2n) is 3.75. The van der Waals surface area contributed by atoms with Crippen molar-refractivity contribution in [1.82, 2.24) is 0 Å². The monoisotopic (exact) mass is 162 g/mol. The van der Waals surface area contributed by atoms with E-state index in [2.05, 4.69) is 6.92 Å². The zero-order valence-corrected chi connectivity index (χ0v) is 7.08. The lowest BCUT2D eigenvalue weighted by atomic mass is 9.91. The minimum absolute atomic E-state index is 0.108. The molecule has 0 aromatic rings. The van der Waals surface area contributed by atoms with Gasteiger partial charge in [0.15, 0.2) is 0 Å². The highest BCUT2D eigenvalue weighted by atomic mass is 19.3. The van der Waals surface area contributed by atoms with Crippen LogP contribution in [0.4, 0.5) is 8.78 Å². The zero-order chi connectivity index (χ0) is 8.32. The Kier molecular flexibility index (Phi) is 2.85. The summed E-state index contributed by atoms with van der Waals surface area (Å²) in [5, 5.41) is 0. The van der Waals surface area contributed by atoms with E-state index in [-0.39, 0.29) is 12.8 Å². The largest absolute Gasteiger partial charge is 0.248 e. The summed E-state index contributed by atoms with van der Waals surface area (Å²) in [4.78, 5) is 0. The van der Waals surface area contributed by atoms with Crippen LogP contribution in [-0.2, 0) is 0 Å². The van der Waals surface area contributed by atoms with Gasteiger partial charge in [0.25, 0.3) is 0 Å². The lowest BCUT2D eigenvalue weighted by Crippen LogP contribution is -2.18. The molecule has 0 radical (unpaired) electrons. The van der Waals surface area contributed by atoms with Gasteiger partial charge in [-0.15, -0.1) is 0 Å². The maximum atomic E-state index is 12.8. The Morgan fingerprint density at radius 2 is 1.55 bits per heavy atom. The topological polar surface area (TPSA) is 0 Å². The van der Waals surface area contributed by atoms with Crippen LogP contribution in [0.2, 0.25) is 0 Å². The minimum atomic E-state index is -2.36. The van der Waals surface area contributed by atoms with E-state index in [1.54, 1.807) is 0 Å². The molecule has 0 amide bonds. The fourth-order valence-electron chi connectivity index (χ4n) is 1.69. The van der Waals surface area contributed by atoms with Gasteiger partial charge in [0.05, 0.1) is 0 Å². The van der Waals surface area contributed by atoms with Crippen molar-refractivity contribution in [2.75, 3.05) is 0 Å². The Morgan fingerprint density at radius 3 is 2.00 bits per heavy atom. The Labute approximate surface area is 67.0 Å². The van der Waals surface area contributed by atoms with Crippen molar-refractivity contribution < 1.29 is 8.78 Å². The smallest absolute Gasteiger partial charge is 0.207 e. The van der Waals surface area contributed by atoms with E-state index in [0.717, 1.165) is 12.8 Å². The molecule has 11 heavy (non-hydrogen) atoms. The van der Waals surface area contributed by atoms with E-state index in [4.69, 9.17) is 0 Å². The molecule has 0 aromatic carbocycles. The van der Waals surface area contributed by atoms with Gasteiger partial charge in [-0.05, 0) is 18.8 Å². The molecule has 2 heteroatoms. The molecule has 1 fully saturated rings. The zero-order valence-electron chi connectivity index (χ0n) is 7.08. The second-order valence-corrected chi connectivity index (χ2v) is 3.75. The first-order valence-electron chi connectivity index (χ1n) is 4.48. The van der Waals surface area contributed by atoms with Crippen LogP contribution in [0.15, 0.2) is 0 Å². The molecule has 0 unspecified atom stereocenters. The van der Waals surface area contributed by atoms with E-state index >= 15 is 0 Å². The molecule has 1 aliphatic rings. The van der Waals surface area contributed by atoms with Crippen LogP contribution in [0.1, 0.15) is 45.4 Å². The van der Waals surface area contributed by atoms with Crippen molar-refractivity contribution in [3.05, 3.63) is 0 Å². The predicted octanol–water partition coefficient (Wildman–Crippen LogP) is 3.61. The molecule has 0 atom stereocenters. The molecule has 0 saturated heterocycles. The molecule has 0 aromatic heterocycles. The van der Waals surface area contributed by atoms with E-state index in [0.29, 0.717) is 18.8 Å². The van der Waals surface area contributed by atoms with E-state index in [1.165, 1.54) is 0 Å². The maximum absolute atomic E-state index is 12.8. The third-order valence-electron chi connectivity index (χ3n) is 2.48. The first-order chi connectivity index (χ1) is 5.10. The van der Waals surface area contributed by atoms with Crippen LogP contribution in [0, 0.1) is 5.92 Å². The summed E-state index contributed by atoms with van der Waals surface area (Å²) < 4.78 is 25.5. The molecule has 1 rings (SSSR count). The highest BCUT2D eigenvalue weighted by Crippen LogP contribution is 2.32. The number of rotatable bonds is 0. The average Bonchev–Trinajstić information content (AvgIpc) is 1.83. The fourth-order valence-corrected chi connectivity index (χ4v) is 1.69. The van der Waals surface area contributed by atoms with E-state index < -0.39 is 5.92 Å². The van der Waals surface area contributed by atoms with Crippen LogP contribution in [0.25, 0.3) is 0 Å². The Morgan fingerprint density at radius 1 is 1.09 bits per heavy atom. The summed E-state index contributed by atoms with van der Waals surface area (Å²) in [5.41, 5.74) is 0. The van der Waals surface area contributed by atoms with Crippen LogP contribution in [0.3, 0.4) is 0 Å². The van der Waals surface area contributed by atoms with Gasteiger partial charge in [-0.3, -0.25) is 0 Å². The highest BCUT2D eigenvalue weighted by molar-refractivity contribution is 4.71. The van der Waals surface area contributed by atoms with Gasteiger partial charge in [-0.25, -0.2) is 8.78 Å². The van der Waals surface area contributed by atoms with Crippen LogP contribution in [-0.4, -0.2) is 5.92 Å². The third kappa shape index (κ3) is 3.17. The Hall–Kier alpha value is -0.140. The summed E-state index contributed by atoms with van der Waals surface area (Å²) in [6, 6.07) is 0. The quantitative estimate of drug-likeness (QED) is 0.510. The molecule has 0 aliphatic heterocycles. The number of hydrogen-bond acceptors (Lipinski definition) is 0. The lowest BCUT2D eigenvalue weighted by molar-refractivity contribution is -0.0265. The third-order valence-corrected chi connectivity index (χ3v) is 2.48. The summed E-state index contributed by atoms with van der Waals surface area (Å²) in [6.07, 6.45) is 3.59. The van der Waals surface area contributed by atoms with Gasteiger partial charge in [0.2, 0.25) is 5.92 Å². The molecule has 0 bridgehead atoms. The number of hydrogen-bond donors (Lipinski definition) is 0. The number of halogens is 2. The highest BCUT2D eigenvalue weighted by Gasteiger charge is 2.29. The molecular formula is C9H16F2. The molecule has 0 nitrogen and oxygen atoms in total. The van der Waals surface area contributed by atoms with Crippen molar-refractivity contribution >= 4 is 0 Å². The Balaban J connectivity index is 2.35. The summed E-state index contributed by atoms with van der Waals surface area (Å²) in [6.45, 7) is 2.16. The van der Waals surface area contributed by atoms with Crippen LogP contribution >= 0.6 is 0 Å². The normalized spacial score (nSPS) is 27.5. The second kappa shape index (κ2) is 3.51. The van der Waals surface area contributed by atoms with Gasteiger partial charge in [0.1, 0.15) is 0 Å². The van der Waals surface area contributed by atoms with Crippen molar-refractivity contribution in [3.63, 3.8) is 0 Å². The Bertz CT molecular complexity index is 109. The fraction of sp³-hybridized carbons (Fsp3) is 1.00. The molecular weight excluding hydrogens is 146 g/mol. The standard InChI is InChI=1S/C9H16F2/c1-8-4-2-6-9(10,11)7-3-5-8/h8H,2-7H2,1H3. The molecule has 66 valence electrons. The summed E-state index contributed by atoms with van der Waals surface area (Å²) >= 11 is 0. The van der Waals surface area contributed by atoms with Gasteiger partial charge < -0.3 is 0 Å². The van der Waals surface area contributed by atoms with Crippen molar-refractivity contribution in [1.29, 1.82) is 0 Å². The predicted molar refractivity (Wildman–Crippen MR) is 41.8 cm³/mol. The maximum Gasteiger partial charge on any atom is 0.248 e. The first-order valence-corrected chi connectivity index (χ1v) is 4.48. The minimum Gasteiger partial charge on any atom is -0.207 e. The van der Waals surface area contributed by atoms with E-state index in [1.807, 2.05) is 0 Å².